The zero-order chi connectivity index (χ0) is 11.5. The van der Waals surface area contributed by atoms with Crippen LogP contribution < -0.4 is 10.5 Å². The van der Waals surface area contributed by atoms with Crippen LogP contribution in [0.3, 0.4) is 0 Å². The molecule has 0 saturated heterocycles. The molecule has 0 fully saturated rings. The first-order valence-corrected chi connectivity index (χ1v) is 5.36. The fourth-order valence-corrected chi connectivity index (χ4v) is 1.87. The summed E-state index contributed by atoms with van der Waals surface area (Å²) in [5.74, 6) is 0.420. The van der Waals surface area contributed by atoms with E-state index >= 15 is 0 Å². The fraction of sp³-hybridized carbons (Fsp3) is 0.200. The van der Waals surface area contributed by atoms with Crippen molar-refractivity contribution in [2.24, 2.45) is 5.73 Å². The molecule has 0 aromatic carbocycles. The fourth-order valence-electron chi connectivity index (χ4n) is 1.38. The summed E-state index contributed by atoms with van der Waals surface area (Å²) in [5.41, 5.74) is 7.45. The molecule has 84 valence electrons. The van der Waals surface area contributed by atoms with Crippen molar-refractivity contribution in [2.45, 2.75) is 6.04 Å². The normalized spacial score (nSPS) is 12.4. The Balaban J connectivity index is 2.41. The van der Waals surface area contributed by atoms with Gasteiger partial charge in [0.1, 0.15) is 5.69 Å². The molecule has 2 rings (SSSR count). The number of nitrogens with two attached hydrogens (primary N) is 1. The molecule has 16 heavy (non-hydrogen) atoms. The summed E-state index contributed by atoms with van der Waals surface area (Å²) >= 11 is 3.27. The Bertz CT molecular complexity index is 486. The van der Waals surface area contributed by atoms with Crippen LogP contribution in [-0.2, 0) is 0 Å². The maximum absolute atomic E-state index is 6.07. The molecule has 0 aliphatic rings. The van der Waals surface area contributed by atoms with Crippen LogP contribution in [0.1, 0.15) is 17.3 Å². The monoisotopic (exact) mass is 283 g/mol. The highest BCUT2D eigenvalue weighted by molar-refractivity contribution is 9.10. The molecule has 0 saturated carbocycles. The van der Waals surface area contributed by atoms with Crippen LogP contribution in [0.25, 0.3) is 0 Å². The molecule has 0 radical (unpaired) electrons. The van der Waals surface area contributed by atoms with E-state index < -0.39 is 6.04 Å². The second-order valence-electron chi connectivity index (χ2n) is 3.08. The van der Waals surface area contributed by atoms with Crippen LogP contribution >= 0.6 is 15.9 Å². The quantitative estimate of drug-likeness (QED) is 0.931. The molecule has 0 aliphatic carbocycles. The van der Waals surface area contributed by atoms with Gasteiger partial charge in [0, 0.05) is 18.0 Å². The average molecular weight is 284 g/mol. The van der Waals surface area contributed by atoms with E-state index in [9.17, 15) is 0 Å². The summed E-state index contributed by atoms with van der Waals surface area (Å²) in [7, 11) is 1.53. The standard InChI is InChI=1S/C10H10BrN3O2/c1-15-10-8(13-3-4-14-10)7(12)6-2-5-16-9(6)11/h2-5,7H,12H2,1H3. The Morgan fingerprint density at radius 2 is 2.19 bits per heavy atom. The lowest BCUT2D eigenvalue weighted by Gasteiger charge is -2.12. The van der Waals surface area contributed by atoms with E-state index in [1.165, 1.54) is 7.11 Å². The topological polar surface area (TPSA) is 74.2 Å². The number of halogens is 1. The van der Waals surface area contributed by atoms with E-state index in [1.807, 2.05) is 0 Å². The molecule has 0 amide bonds. The van der Waals surface area contributed by atoms with Crippen molar-refractivity contribution in [1.29, 1.82) is 0 Å². The molecular formula is C10H10BrN3O2. The molecule has 0 spiro atoms. The van der Waals surface area contributed by atoms with Gasteiger partial charge in [-0.2, -0.15) is 0 Å². The van der Waals surface area contributed by atoms with E-state index in [4.69, 9.17) is 14.9 Å². The third-order valence-electron chi connectivity index (χ3n) is 2.16. The molecule has 2 aromatic rings. The zero-order valence-corrected chi connectivity index (χ0v) is 10.1. The van der Waals surface area contributed by atoms with Gasteiger partial charge in [0.05, 0.1) is 19.4 Å². The largest absolute Gasteiger partial charge is 0.480 e. The molecular weight excluding hydrogens is 274 g/mol. The molecule has 2 N–H and O–H groups in total. The van der Waals surface area contributed by atoms with Crippen molar-refractivity contribution in [1.82, 2.24) is 9.97 Å². The Kier molecular flexibility index (Phi) is 3.21. The van der Waals surface area contributed by atoms with Crippen LogP contribution in [0.4, 0.5) is 0 Å². The van der Waals surface area contributed by atoms with E-state index in [0.29, 0.717) is 16.2 Å². The second kappa shape index (κ2) is 4.63. The molecule has 2 aromatic heterocycles. The van der Waals surface area contributed by atoms with Crippen molar-refractivity contribution >= 4 is 15.9 Å². The van der Waals surface area contributed by atoms with E-state index in [2.05, 4.69) is 25.9 Å². The van der Waals surface area contributed by atoms with Crippen LogP contribution in [0, 0.1) is 0 Å². The molecule has 6 heteroatoms. The van der Waals surface area contributed by atoms with E-state index in [1.54, 1.807) is 24.7 Å². The van der Waals surface area contributed by atoms with Gasteiger partial charge in [-0.25, -0.2) is 4.98 Å². The number of nitrogens with zero attached hydrogens (tertiary/aromatic N) is 2. The predicted molar refractivity (Wildman–Crippen MR) is 61.0 cm³/mol. The van der Waals surface area contributed by atoms with Gasteiger partial charge in [0.2, 0.25) is 5.88 Å². The van der Waals surface area contributed by atoms with Crippen LogP contribution in [0.5, 0.6) is 5.88 Å². The maximum Gasteiger partial charge on any atom is 0.237 e. The van der Waals surface area contributed by atoms with Gasteiger partial charge in [0.25, 0.3) is 0 Å². The van der Waals surface area contributed by atoms with Crippen LogP contribution in [0.2, 0.25) is 0 Å². The lowest BCUT2D eigenvalue weighted by atomic mass is 10.1. The minimum atomic E-state index is -0.434. The van der Waals surface area contributed by atoms with Crippen LogP contribution in [0.15, 0.2) is 33.8 Å². The van der Waals surface area contributed by atoms with Crippen molar-refractivity contribution in [3.05, 3.63) is 40.7 Å². The molecule has 1 unspecified atom stereocenters. The smallest absolute Gasteiger partial charge is 0.237 e. The van der Waals surface area contributed by atoms with Gasteiger partial charge in [-0.15, -0.1) is 0 Å². The summed E-state index contributed by atoms with van der Waals surface area (Å²) in [6.07, 6.45) is 4.69. The van der Waals surface area contributed by atoms with Crippen molar-refractivity contribution in [3.63, 3.8) is 0 Å². The number of methoxy groups -OCH3 is 1. The Hall–Kier alpha value is -1.40. The minimum absolute atomic E-state index is 0.420. The predicted octanol–water partition coefficient (Wildman–Crippen LogP) is 1.89. The summed E-state index contributed by atoms with van der Waals surface area (Å²) in [6.45, 7) is 0. The number of aromatic nitrogens is 2. The van der Waals surface area contributed by atoms with Gasteiger partial charge in [-0.05, 0) is 22.0 Å². The maximum atomic E-state index is 6.07. The average Bonchev–Trinajstić information content (AvgIpc) is 2.74. The minimum Gasteiger partial charge on any atom is -0.480 e. The van der Waals surface area contributed by atoms with Gasteiger partial charge in [-0.1, -0.05) is 0 Å². The molecule has 5 nitrogen and oxygen atoms in total. The summed E-state index contributed by atoms with van der Waals surface area (Å²) in [4.78, 5) is 8.22. The Morgan fingerprint density at radius 3 is 2.81 bits per heavy atom. The number of ether oxygens (including phenoxy) is 1. The van der Waals surface area contributed by atoms with Crippen molar-refractivity contribution < 1.29 is 9.15 Å². The summed E-state index contributed by atoms with van der Waals surface area (Å²) in [5, 5.41) is 0. The Labute approximate surface area is 101 Å². The van der Waals surface area contributed by atoms with Crippen molar-refractivity contribution in [3.8, 4) is 5.88 Å². The third kappa shape index (κ3) is 1.94. The van der Waals surface area contributed by atoms with Gasteiger partial charge in [0.15, 0.2) is 4.67 Å². The lowest BCUT2D eigenvalue weighted by Crippen LogP contribution is -2.15. The summed E-state index contributed by atoms with van der Waals surface area (Å²) < 4.78 is 10.8. The first kappa shape index (κ1) is 11.1. The highest BCUT2D eigenvalue weighted by Gasteiger charge is 2.20. The van der Waals surface area contributed by atoms with Gasteiger partial charge in [-0.3, -0.25) is 4.98 Å². The molecule has 0 aliphatic heterocycles. The highest BCUT2D eigenvalue weighted by atomic mass is 79.9. The SMILES string of the molecule is COc1nccnc1C(N)c1ccoc1Br. The number of hydrogen-bond acceptors (Lipinski definition) is 5. The first-order chi connectivity index (χ1) is 7.74. The second-order valence-corrected chi connectivity index (χ2v) is 3.80. The summed E-state index contributed by atoms with van der Waals surface area (Å²) in [6, 6.07) is 1.35. The molecule has 1 atom stereocenters. The third-order valence-corrected chi connectivity index (χ3v) is 2.81. The Morgan fingerprint density at radius 1 is 1.44 bits per heavy atom. The highest BCUT2D eigenvalue weighted by Crippen LogP contribution is 2.29. The molecule has 2 heterocycles. The number of furan rings is 1. The van der Waals surface area contributed by atoms with E-state index in [-0.39, 0.29) is 0 Å². The number of rotatable bonds is 3. The first-order valence-electron chi connectivity index (χ1n) is 4.57. The van der Waals surface area contributed by atoms with Crippen molar-refractivity contribution in [2.75, 3.05) is 7.11 Å². The zero-order valence-electron chi connectivity index (χ0n) is 8.55. The molecule has 0 bridgehead atoms. The van der Waals surface area contributed by atoms with E-state index in [0.717, 1.165) is 5.56 Å². The van der Waals surface area contributed by atoms with Crippen LogP contribution in [-0.4, -0.2) is 17.1 Å². The van der Waals surface area contributed by atoms with Gasteiger partial charge >= 0.3 is 0 Å². The lowest BCUT2D eigenvalue weighted by molar-refractivity contribution is 0.386. The van der Waals surface area contributed by atoms with Gasteiger partial charge < -0.3 is 14.9 Å². The number of hydrogen-bond donors (Lipinski definition) is 1.